The van der Waals surface area contributed by atoms with Crippen LogP contribution in [0.1, 0.15) is 64.2 Å². The largest absolute Gasteiger partial charge is 0.298 e. The van der Waals surface area contributed by atoms with Crippen LogP contribution in [0.4, 0.5) is 0 Å². The monoisotopic (exact) mass is 263 g/mol. The summed E-state index contributed by atoms with van der Waals surface area (Å²) >= 11 is 0. The fourth-order valence-corrected chi connectivity index (χ4v) is 5.17. The van der Waals surface area contributed by atoms with Crippen molar-refractivity contribution in [3.8, 4) is 0 Å². The van der Waals surface area contributed by atoms with Gasteiger partial charge in [-0.05, 0) is 64.0 Å². The second-order valence-electron chi connectivity index (χ2n) is 7.55. The maximum absolute atomic E-state index is 13.0. The average Bonchev–Trinajstić information content (AvgIpc) is 3.01. The van der Waals surface area contributed by atoms with Gasteiger partial charge in [0.05, 0.1) is 5.54 Å². The zero-order valence-corrected chi connectivity index (χ0v) is 12.7. The van der Waals surface area contributed by atoms with Crippen LogP contribution >= 0.6 is 0 Å². The van der Waals surface area contributed by atoms with Gasteiger partial charge in [-0.15, -0.1) is 0 Å². The zero-order valence-electron chi connectivity index (χ0n) is 12.7. The van der Waals surface area contributed by atoms with Crippen LogP contribution in [-0.2, 0) is 4.79 Å². The Balaban J connectivity index is 1.67. The maximum Gasteiger partial charge on any atom is 0.153 e. The fraction of sp³-hybridized carbons (Fsp3) is 0.941. The molecule has 3 fully saturated rings. The summed E-state index contributed by atoms with van der Waals surface area (Å²) in [5, 5.41) is 0. The Morgan fingerprint density at radius 1 is 1.11 bits per heavy atom. The van der Waals surface area contributed by atoms with E-state index in [1.165, 1.54) is 44.9 Å². The Bertz CT molecular complexity index is 343. The van der Waals surface area contributed by atoms with Gasteiger partial charge in [0.1, 0.15) is 0 Å². The smallest absolute Gasteiger partial charge is 0.153 e. The summed E-state index contributed by atoms with van der Waals surface area (Å²) in [4.78, 5) is 15.2. The van der Waals surface area contributed by atoms with E-state index in [1.807, 2.05) is 0 Å². The van der Waals surface area contributed by atoms with Crippen molar-refractivity contribution in [1.29, 1.82) is 0 Å². The molecule has 3 aliphatic carbocycles. The van der Waals surface area contributed by atoms with E-state index in [1.54, 1.807) is 0 Å². The molecule has 2 heteroatoms. The van der Waals surface area contributed by atoms with Crippen LogP contribution in [0, 0.1) is 17.8 Å². The topological polar surface area (TPSA) is 20.3 Å². The van der Waals surface area contributed by atoms with Crippen LogP contribution < -0.4 is 0 Å². The third kappa shape index (κ3) is 2.37. The SMILES string of the molecule is CN(C)C1(C(=O)CC2CC3CCC2C3)CCCCC1. The summed E-state index contributed by atoms with van der Waals surface area (Å²) in [5.41, 5.74) is -0.111. The van der Waals surface area contributed by atoms with Crippen molar-refractivity contribution in [1.82, 2.24) is 4.90 Å². The molecule has 19 heavy (non-hydrogen) atoms. The van der Waals surface area contributed by atoms with E-state index in [4.69, 9.17) is 0 Å². The molecule has 2 bridgehead atoms. The molecule has 3 saturated carbocycles. The van der Waals surface area contributed by atoms with Gasteiger partial charge in [-0.3, -0.25) is 9.69 Å². The lowest BCUT2D eigenvalue weighted by Crippen LogP contribution is -2.53. The van der Waals surface area contributed by atoms with Crippen molar-refractivity contribution >= 4 is 5.78 Å². The third-order valence-corrected chi connectivity index (χ3v) is 6.39. The van der Waals surface area contributed by atoms with Crippen molar-refractivity contribution in [2.75, 3.05) is 14.1 Å². The van der Waals surface area contributed by atoms with Crippen molar-refractivity contribution in [3.05, 3.63) is 0 Å². The predicted molar refractivity (Wildman–Crippen MR) is 78.1 cm³/mol. The van der Waals surface area contributed by atoms with Gasteiger partial charge in [0.15, 0.2) is 5.78 Å². The Hall–Kier alpha value is -0.370. The lowest BCUT2D eigenvalue weighted by molar-refractivity contribution is -0.133. The van der Waals surface area contributed by atoms with Crippen LogP contribution in [0.15, 0.2) is 0 Å². The molecule has 0 aliphatic heterocycles. The van der Waals surface area contributed by atoms with E-state index in [9.17, 15) is 4.79 Å². The molecule has 0 aromatic carbocycles. The molecule has 3 rings (SSSR count). The van der Waals surface area contributed by atoms with E-state index in [0.29, 0.717) is 5.78 Å². The minimum Gasteiger partial charge on any atom is -0.298 e. The van der Waals surface area contributed by atoms with Gasteiger partial charge in [-0.1, -0.05) is 25.7 Å². The van der Waals surface area contributed by atoms with E-state index >= 15 is 0 Å². The van der Waals surface area contributed by atoms with Crippen molar-refractivity contribution in [2.45, 2.75) is 69.7 Å². The van der Waals surface area contributed by atoms with Crippen LogP contribution in [0.2, 0.25) is 0 Å². The predicted octanol–water partition coefficient (Wildman–Crippen LogP) is 3.65. The first-order valence-corrected chi connectivity index (χ1v) is 8.32. The highest BCUT2D eigenvalue weighted by Gasteiger charge is 2.45. The molecule has 0 radical (unpaired) electrons. The number of hydrogen-bond donors (Lipinski definition) is 0. The Morgan fingerprint density at radius 2 is 1.84 bits per heavy atom. The molecule has 0 N–H and O–H groups in total. The number of fused-ring (bicyclic) bond motifs is 2. The Labute approximate surface area is 117 Å². The second kappa shape index (κ2) is 5.20. The molecule has 108 valence electrons. The molecule has 3 aliphatic rings. The molecular formula is C17H29NO. The minimum atomic E-state index is -0.111. The standard InChI is InChI=1S/C17H29NO/c1-18(2)17(8-4-3-5-9-17)16(19)12-15-11-13-6-7-14(15)10-13/h13-15H,3-12H2,1-2H3. The summed E-state index contributed by atoms with van der Waals surface area (Å²) in [6.45, 7) is 0. The van der Waals surface area contributed by atoms with E-state index < -0.39 is 0 Å². The molecule has 0 saturated heterocycles. The molecule has 0 aromatic heterocycles. The number of hydrogen-bond acceptors (Lipinski definition) is 2. The van der Waals surface area contributed by atoms with Crippen LogP contribution in [-0.4, -0.2) is 30.3 Å². The quantitative estimate of drug-likeness (QED) is 0.771. The van der Waals surface area contributed by atoms with Crippen molar-refractivity contribution in [3.63, 3.8) is 0 Å². The number of nitrogens with zero attached hydrogens (tertiary/aromatic N) is 1. The molecule has 0 heterocycles. The average molecular weight is 263 g/mol. The molecule has 2 nitrogen and oxygen atoms in total. The first-order valence-electron chi connectivity index (χ1n) is 8.32. The maximum atomic E-state index is 13.0. The highest BCUT2D eigenvalue weighted by atomic mass is 16.1. The van der Waals surface area contributed by atoms with Crippen LogP contribution in [0.3, 0.4) is 0 Å². The fourth-order valence-electron chi connectivity index (χ4n) is 5.17. The minimum absolute atomic E-state index is 0.111. The second-order valence-corrected chi connectivity index (χ2v) is 7.55. The van der Waals surface area contributed by atoms with Crippen molar-refractivity contribution in [2.24, 2.45) is 17.8 Å². The van der Waals surface area contributed by atoms with Gasteiger partial charge in [0.2, 0.25) is 0 Å². The normalized spacial score (nSPS) is 36.9. The Morgan fingerprint density at radius 3 is 2.37 bits per heavy atom. The lowest BCUT2D eigenvalue weighted by atomic mass is 9.73. The number of likely N-dealkylation sites (N-methyl/N-ethyl adjacent to an activating group) is 1. The number of rotatable bonds is 4. The molecule has 0 amide bonds. The van der Waals surface area contributed by atoms with Gasteiger partial charge >= 0.3 is 0 Å². The highest BCUT2D eigenvalue weighted by molar-refractivity contribution is 5.88. The van der Waals surface area contributed by atoms with E-state index in [0.717, 1.165) is 37.0 Å². The van der Waals surface area contributed by atoms with E-state index in [2.05, 4.69) is 19.0 Å². The summed E-state index contributed by atoms with van der Waals surface area (Å²) in [6, 6.07) is 0. The first-order chi connectivity index (χ1) is 9.12. The van der Waals surface area contributed by atoms with Gasteiger partial charge in [0, 0.05) is 6.42 Å². The summed E-state index contributed by atoms with van der Waals surface area (Å²) in [6.07, 6.45) is 12.5. The van der Waals surface area contributed by atoms with Gasteiger partial charge < -0.3 is 0 Å². The van der Waals surface area contributed by atoms with Crippen LogP contribution in [0.5, 0.6) is 0 Å². The summed E-state index contributed by atoms with van der Waals surface area (Å²) in [5.74, 6) is 3.14. The molecule has 3 unspecified atom stereocenters. The summed E-state index contributed by atoms with van der Waals surface area (Å²) < 4.78 is 0. The lowest BCUT2D eigenvalue weighted by Gasteiger charge is -2.42. The van der Waals surface area contributed by atoms with Gasteiger partial charge in [-0.2, -0.15) is 0 Å². The van der Waals surface area contributed by atoms with Gasteiger partial charge in [-0.25, -0.2) is 0 Å². The molecular weight excluding hydrogens is 234 g/mol. The zero-order chi connectivity index (χ0) is 13.5. The van der Waals surface area contributed by atoms with Crippen LogP contribution in [0.25, 0.3) is 0 Å². The van der Waals surface area contributed by atoms with Gasteiger partial charge in [0.25, 0.3) is 0 Å². The number of ketones is 1. The number of carbonyl (C=O) groups is 1. The summed E-state index contributed by atoms with van der Waals surface area (Å²) in [7, 11) is 4.23. The van der Waals surface area contributed by atoms with E-state index in [-0.39, 0.29) is 5.54 Å². The molecule has 3 atom stereocenters. The Kier molecular flexibility index (Phi) is 3.72. The highest BCUT2D eigenvalue weighted by Crippen LogP contribution is 2.50. The first kappa shape index (κ1) is 13.6. The van der Waals surface area contributed by atoms with Crippen molar-refractivity contribution < 1.29 is 4.79 Å². The third-order valence-electron chi connectivity index (χ3n) is 6.39. The molecule has 0 spiro atoms. The number of Topliss-reactive ketones (excluding diaryl/α,β-unsaturated/α-hetero) is 1. The molecule has 0 aromatic rings. The number of carbonyl (C=O) groups excluding carboxylic acids is 1.